The Morgan fingerprint density at radius 1 is 1.44 bits per heavy atom. The van der Waals surface area contributed by atoms with Crippen molar-refractivity contribution in [1.29, 1.82) is 0 Å². The molecule has 0 aliphatic carbocycles. The number of aromatic amines is 1. The largest absolute Gasteiger partial charge is 0.295 e. The molecule has 0 aliphatic heterocycles. The van der Waals surface area contributed by atoms with Gasteiger partial charge in [0, 0.05) is 16.6 Å². The van der Waals surface area contributed by atoms with Crippen molar-refractivity contribution in [3.63, 3.8) is 0 Å². The van der Waals surface area contributed by atoms with Crippen LogP contribution < -0.4 is 0 Å². The summed E-state index contributed by atoms with van der Waals surface area (Å²) < 4.78 is 0. The molecule has 84 valence electrons. The molecule has 0 fully saturated rings. The molecule has 0 radical (unpaired) electrons. The van der Waals surface area contributed by atoms with Gasteiger partial charge in [-0.1, -0.05) is 26.0 Å². The predicted molar refractivity (Wildman–Crippen MR) is 64.6 cm³/mol. The second-order valence-electron chi connectivity index (χ2n) is 4.59. The highest BCUT2D eigenvalue weighted by Gasteiger charge is 2.08. The standard InChI is InChI=1S/C13H16N2O/c1-8(2)6-12-11-5-4-10(9(3)16)7-13(11)15-14-12/h4-5,7-8H,6H2,1-3H3,(H,14,15). The quantitative estimate of drug-likeness (QED) is 0.802. The first-order valence-electron chi connectivity index (χ1n) is 5.56. The highest BCUT2D eigenvalue weighted by atomic mass is 16.1. The Labute approximate surface area is 94.9 Å². The lowest BCUT2D eigenvalue weighted by Gasteiger charge is -2.02. The third-order valence-corrected chi connectivity index (χ3v) is 2.65. The minimum absolute atomic E-state index is 0.0790. The van der Waals surface area contributed by atoms with Crippen molar-refractivity contribution in [3.8, 4) is 0 Å². The van der Waals surface area contributed by atoms with Gasteiger partial charge in [0.2, 0.25) is 0 Å². The Morgan fingerprint density at radius 2 is 2.19 bits per heavy atom. The molecule has 3 nitrogen and oxygen atoms in total. The first-order chi connectivity index (χ1) is 7.58. The highest BCUT2D eigenvalue weighted by molar-refractivity contribution is 5.98. The predicted octanol–water partition coefficient (Wildman–Crippen LogP) is 2.96. The molecule has 1 aromatic carbocycles. The van der Waals surface area contributed by atoms with Gasteiger partial charge in [-0.05, 0) is 25.3 Å². The highest BCUT2D eigenvalue weighted by Crippen LogP contribution is 2.20. The average Bonchev–Trinajstić information content (AvgIpc) is 2.60. The zero-order valence-corrected chi connectivity index (χ0v) is 9.87. The van der Waals surface area contributed by atoms with Gasteiger partial charge >= 0.3 is 0 Å². The van der Waals surface area contributed by atoms with Crippen LogP contribution in [0.25, 0.3) is 10.9 Å². The van der Waals surface area contributed by atoms with E-state index in [0.29, 0.717) is 5.92 Å². The molecule has 0 unspecified atom stereocenters. The number of Topliss-reactive ketones (excluding diaryl/α,β-unsaturated/α-hetero) is 1. The van der Waals surface area contributed by atoms with Crippen molar-refractivity contribution in [1.82, 2.24) is 10.2 Å². The summed E-state index contributed by atoms with van der Waals surface area (Å²) in [6, 6.07) is 5.69. The second kappa shape index (κ2) is 4.08. The number of fused-ring (bicyclic) bond motifs is 1. The summed E-state index contributed by atoms with van der Waals surface area (Å²) in [7, 11) is 0. The van der Waals surface area contributed by atoms with E-state index in [1.54, 1.807) is 6.92 Å². The van der Waals surface area contributed by atoms with E-state index >= 15 is 0 Å². The van der Waals surface area contributed by atoms with Crippen LogP contribution in [0.15, 0.2) is 18.2 Å². The van der Waals surface area contributed by atoms with E-state index in [4.69, 9.17) is 0 Å². The minimum atomic E-state index is 0.0790. The number of rotatable bonds is 3. The molecule has 0 amide bonds. The number of hydrogen-bond donors (Lipinski definition) is 1. The lowest BCUT2D eigenvalue weighted by molar-refractivity contribution is 0.101. The average molecular weight is 216 g/mol. The van der Waals surface area contributed by atoms with Crippen LogP contribution in [0, 0.1) is 5.92 Å². The Kier molecular flexibility index (Phi) is 2.77. The fourth-order valence-corrected chi connectivity index (χ4v) is 1.85. The van der Waals surface area contributed by atoms with Crippen molar-refractivity contribution in [2.75, 3.05) is 0 Å². The SMILES string of the molecule is CC(=O)c1ccc2c(CC(C)C)[nH]nc2c1. The summed E-state index contributed by atoms with van der Waals surface area (Å²) in [5.74, 6) is 0.673. The minimum Gasteiger partial charge on any atom is -0.295 e. The third kappa shape index (κ3) is 1.98. The normalized spacial score (nSPS) is 11.2. The topological polar surface area (TPSA) is 45.8 Å². The van der Waals surface area contributed by atoms with Crippen LogP contribution >= 0.6 is 0 Å². The zero-order valence-electron chi connectivity index (χ0n) is 9.87. The van der Waals surface area contributed by atoms with E-state index in [0.717, 1.165) is 28.6 Å². The van der Waals surface area contributed by atoms with Gasteiger partial charge in [-0.25, -0.2) is 0 Å². The maximum atomic E-state index is 11.2. The molecule has 0 saturated heterocycles. The van der Waals surface area contributed by atoms with Gasteiger partial charge in [-0.2, -0.15) is 5.10 Å². The summed E-state index contributed by atoms with van der Waals surface area (Å²) in [5.41, 5.74) is 2.75. The molecule has 0 aliphatic rings. The molecule has 0 bridgehead atoms. The Bertz CT molecular complexity index is 526. The van der Waals surface area contributed by atoms with E-state index in [1.165, 1.54) is 0 Å². The molecule has 2 aromatic rings. The zero-order chi connectivity index (χ0) is 11.7. The fraction of sp³-hybridized carbons (Fsp3) is 0.385. The molecule has 0 spiro atoms. The Morgan fingerprint density at radius 3 is 2.81 bits per heavy atom. The Balaban J connectivity index is 2.46. The van der Waals surface area contributed by atoms with Crippen molar-refractivity contribution in [2.45, 2.75) is 27.2 Å². The lowest BCUT2D eigenvalue weighted by Crippen LogP contribution is -1.95. The summed E-state index contributed by atoms with van der Waals surface area (Å²) in [4.78, 5) is 11.2. The number of aromatic nitrogens is 2. The van der Waals surface area contributed by atoms with Gasteiger partial charge in [0.15, 0.2) is 5.78 Å². The smallest absolute Gasteiger partial charge is 0.159 e. The number of ketones is 1. The van der Waals surface area contributed by atoms with Crippen molar-refractivity contribution < 1.29 is 4.79 Å². The van der Waals surface area contributed by atoms with Gasteiger partial charge in [-0.3, -0.25) is 9.89 Å². The second-order valence-corrected chi connectivity index (χ2v) is 4.59. The van der Waals surface area contributed by atoms with E-state index < -0.39 is 0 Å². The number of carbonyl (C=O) groups excluding carboxylic acids is 1. The Hall–Kier alpha value is -1.64. The van der Waals surface area contributed by atoms with Gasteiger partial charge < -0.3 is 0 Å². The molecular weight excluding hydrogens is 200 g/mol. The number of nitrogens with one attached hydrogen (secondary N) is 1. The van der Waals surface area contributed by atoms with Crippen LogP contribution in [0.2, 0.25) is 0 Å². The molecule has 1 aromatic heterocycles. The molecule has 0 atom stereocenters. The monoisotopic (exact) mass is 216 g/mol. The first-order valence-corrected chi connectivity index (χ1v) is 5.56. The van der Waals surface area contributed by atoms with Gasteiger partial charge in [0.25, 0.3) is 0 Å². The van der Waals surface area contributed by atoms with E-state index in [1.807, 2.05) is 18.2 Å². The van der Waals surface area contributed by atoms with Gasteiger partial charge in [-0.15, -0.1) is 0 Å². The third-order valence-electron chi connectivity index (χ3n) is 2.65. The summed E-state index contributed by atoms with van der Waals surface area (Å²) in [5, 5.41) is 8.41. The van der Waals surface area contributed by atoms with Crippen LogP contribution in [-0.2, 0) is 6.42 Å². The number of carbonyl (C=O) groups is 1. The van der Waals surface area contributed by atoms with Gasteiger partial charge in [0.1, 0.15) is 0 Å². The summed E-state index contributed by atoms with van der Waals surface area (Å²) in [6.07, 6.45) is 0.982. The van der Waals surface area contributed by atoms with Crippen molar-refractivity contribution >= 4 is 16.7 Å². The summed E-state index contributed by atoms with van der Waals surface area (Å²) in [6.45, 7) is 5.93. The number of nitrogens with zero attached hydrogens (tertiary/aromatic N) is 1. The van der Waals surface area contributed by atoms with E-state index in [2.05, 4.69) is 24.0 Å². The number of hydrogen-bond acceptors (Lipinski definition) is 2. The number of benzene rings is 1. The molecule has 0 saturated carbocycles. The molecule has 16 heavy (non-hydrogen) atoms. The molecule has 2 rings (SSSR count). The van der Waals surface area contributed by atoms with Crippen LogP contribution in [0.4, 0.5) is 0 Å². The van der Waals surface area contributed by atoms with Crippen molar-refractivity contribution in [3.05, 3.63) is 29.5 Å². The molecule has 1 heterocycles. The van der Waals surface area contributed by atoms with E-state index in [-0.39, 0.29) is 5.78 Å². The molecular formula is C13H16N2O. The molecule has 1 N–H and O–H groups in total. The van der Waals surface area contributed by atoms with Crippen LogP contribution in [0.5, 0.6) is 0 Å². The fourth-order valence-electron chi connectivity index (χ4n) is 1.85. The van der Waals surface area contributed by atoms with Crippen LogP contribution in [-0.4, -0.2) is 16.0 Å². The summed E-state index contributed by atoms with van der Waals surface area (Å²) >= 11 is 0. The number of H-pyrrole nitrogens is 1. The van der Waals surface area contributed by atoms with Crippen LogP contribution in [0.3, 0.4) is 0 Å². The maximum absolute atomic E-state index is 11.2. The first kappa shape index (κ1) is 10.9. The maximum Gasteiger partial charge on any atom is 0.159 e. The van der Waals surface area contributed by atoms with Crippen LogP contribution in [0.1, 0.15) is 36.8 Å². The molecule has 3 heteroatoms. The van der Waals surface area contributed by atoms with Crippen molar-refractivity contribution in [2.24, 2.45) is 5.92 Å². The van der Waals surface area contributed by atoms with E-state index in [9.17, 15) is 4.79 Å². The lowest BCUT2D eigenvalue weighted by atomic mass is 10.0. The van der Waals surface area contributed by atoms with Gasteiger partial charge in [0.05, 0.1) is 5.52 Å².